The zero-order valence-corrected chi connectivity index (χ0v) is 16.2. The van der Waals surface area contributed by atoms with Gasteiger partial charge in [-0.1, -0.05) is 42.5 Å². The quantitative estimate of drug-likeness (QED) is 0.266. The molecule has 0 bridgehead atoms. The highest BCUT2D eigenvalue weighted by Crippen LogP contribution is 2.23. The minimum Gasteiger partial charge on any atom is -0.497 e. The van der Waals surface area contributed by atoms with Crippen LogP contribution in [0.2, 0.25) is 0 Å². The molecule has 148 valence electrons. The number of fused-ring (bicyclic) bond motifs is 1. The lowest BCUT2D eigenvalue weighted by Gasteiger charge is -2.05. The molecule has 0 atom stereocenters. The number of hydrogen-bond acceptors (Lipinski definition) is 5. The topological polar surface area (TPSA) is 65.7 Å². The fourth-order valence-electron chi connectivity index (χ4n) is 3.02. The van der Waals surface area contributed by atoms with E-state index in [1.807, 2.05) is 42.5 Å². The molecule has 0 fully saturated rings. The van der Waals surface area contributed by atoms with Gasteiger partial charge in [-0.25, -0.2) is 4.79 Å². The summed E-state index contributed by atoms with van der Waals surface area (Å²) in [6.45, 7) is 0. The third kappa shape index (κ3) is 4.15. The van der Waals surface area contributed by atoms with E-state index >= 15 is 0 Å². The van der Waals surface area contributed by atoms with Gasteiger partial charge in [-0.3, -0.25) is 4.79 Å². The molecule has 4 aromatic rings. The Morgan fingerprint density at radius 3 is 2.40 bits per heavy atom. The van der Waals surface area contributed by atoms with Crippen LogP contribution >= 0.6 is 0 Å². The van der Waals surface area contributed by atoms with Crippen molar-refractivity contribution in [3.63, 3.8) is 0 Å². The van der Waals surface area contributed by atoms with Crippen LogP contribution in [0.4, 0.5) is 0 Å². The van der Waals surface area contributed by atoms with Crippen LogP contribution in [0.15, 0.2) is 94.3 Å². The predicted molar refractivity (Wildman–Crippen MR) is 116 cm³/mol. The van der Waals surface area contributed by atoms with Crippen LogP contribution in [0, 0.1) is 0 Å². The van der Waals surface area contributed by atoms with Crippen molar-refractivity contribution in [2.24, 2.45) is 0 Å². The lowest BCUT2D eigenvalue weighted by Crippen LogP contribution is -2.07. The van der Waals surface area contributed by atoms with Crippen LogP contribution in [0.5, 0.6) is 11.5 Å². The molecule has 0 amide bonds. The largest absolute Gasteiger partial charge is 0.497 e. The van der Waals surface area contributed by atoms with Gasteiger partial charge >= 0.3 is 5.97 Å². The Morgan fingerprint density at radius 1 is 0.933 bits per heavy atom. The average molecular weight is 398 g/mol. The van der Waals surface area contributed by atoms with Gasteiger partial charge in [0, 0.05) is 6.08 Å². The van der Waals surface area contributed by atoms with Crippen molar-refractivity contribution in [3.8, 4) is 22.6 Å². The van der Waals surface area contributed by atoms with Crippen molar-refractivity contribution in [2.45, 2.75) is 0 Å². The van der Waals surface area contributed by atoms with E-state index < -0.39 is 5.97 Å². The first kappa shape index (κ1) is 19.2. The maximum atomic E-state index is 12.9. The monoisotopic (exact) mass is 398 g/mol. The summed E-state index contributed by atoms with van der Waals surface area (Å²) in [5.74, 6) is 0.456. The number of carbonyl (C=O) groups is 1. The Hall–Kier alpha value is -4.12. The zero-order valence-electron chi connectivity index (χ0n) is 16.2. The van der Waals surface area contributed by atoms with Crippen LogP contribution in [0.25, 0.3) is 28.2 Å². The smallest absolute Gasteiger partial charge is 0.336 e. The Labute approximate surface area is 172 Å². The van der Waals surface area contributed by atoms with Crippen LogP contribution in [0.3, 0.4) is 0 Å². The van der Waals surface area contributed by atoms with Crippen molar-refractivity contribution in [2.75, 3.05) is 7.11 Å². The maximum absolute atomic E-state index is 12.9. The summed E-state index contributed by atoms with van der Waals surface area (Å²) in [7, 11) is 1.59. The van der Waals surface area contributed by atoms with E-state index in [0.717, 1.165) is 16.9 Å². The second kappa shape index (κ2) is 8.49. The summed E-state index contributed by atoms with van der Waals surface area (Å²) in [5, 5.41) is 0.348. The Bertz CT molecular complexity index is 1270. The molecule has 0 N–H and O–H groups in total. The van der Waals surface area contributed by atoms with Crippen molar-refractivity contribution in [1.29, 1.82) is 0 Å². The summed E-state index contributed by atoms with van der Waals surface area (Å²) in [6, 6.07) is 21.3. The molecule has 0 unspecified atom stereocenters. The number of rotatable bonds is 5. The van der Waals surface area contributed by atoms with Gasteiger partial charge in [-0.2, -0.15) is 0 Å². The number of hydrogen-bond donors (Lipinski definition) is 0. The van der Waals surface area contributed by atoms with E-state index in [4.69, 9.17) is 13.9 Å². The molecule has 0 spiro atoms. The molecule has 5 heteroatoms. The van der Waals surface area contributed by atoms with E-state index in [-0.39, 0.29) is 11.2 Å². The zero-order chi connectivity index (χ0) is 20.9. The number of carbonyl (C=O) groups excluding carboxylic acids is 1. The van der Waals surface area contributed by atoms with Crippen LogP contribution in [0.1, 0.15) is 5.56 Å². The third-order valence-corrected chi connectivity index (χ3v) is 4.57. The summed E-state index contributed by atoms with van der Waals surface area (Å²) in [4.78, 5) is 25.1. The minimum absolute atomic E-state index is 0.186. The molecule has 0 aliphatic heterocycles. The highest BCUT2D eigenvalue weighted by molar-refractivity contribution is 5.90. The second-order valence-corrected chi connectivity index (χ2v) is 6.53. The first-order chi connectivity index (χ1) is 14.6. The van der Waals surface area contributed by atoms with Crippen molar-refractivity contribution >= 4 is 23.0 Å². The maximum Gasteiger partial charge on any atom is 0.336 e. The molecule has 0 aliphatic carbocycles. The lowest BCUT2D eigenvalue weighted by molar-refractivity contribution is -0.128. The molecule has 0 aliphatic rings. The average Bonchev–Trinajstić information content (AvgIpc) is 2.79. The molecule has 1 aromatic heterocycles. The first-order valence-electron chi connectivity index (χ1n) is 9.29. The van der Waals surface area contributed by atoms with Crippen molar-refractivity contribution < 1.29 is 18.7 Å². The fraction of sp³-hybridized carbons (Fsp3) is 0.0400. The Balaban J connectivity index is 1.56. The van der Waals surface area contributed by atoms with Gasteiger partial charge in [0.05, 0.1) is 18.1 Å². The second-order valence-electron chi connectivity index (χ2n) is 6.53. The van der Waals surface area contributed by atoms with Crippen LogP contribution in [-0.2, 0) is 4.79 Å². The van der Waals surface area contributed by atoms with E-state index in [9.17, 15) is 9.59 Å². The minimum atomic E-state index is -0.547. The van der Waals surface area contributed by atoms with Gasteiger partial charge in [0.15, 0.2) is 0 Å². The highest BCUT2D eigenvalue weighted by Gasteiger charge is 2.11. The van der Waals surface area contributed by atoms with E-state index in [2.05, 4.69) is 0 Å². The molecule has 1 heterocycles. The first-order valence-corrected chi connectivity index (χ1v) is 9.29. The fourth-order valence-corrected chi connectivity index (χ4v) is 3.02. The van der Waals surface area contributed by atoms with Crippen LogP contribution in [-0.4, -0.2) is 13.1 Å². The predicted octanol–water partition coefficient (Wildman–Crippen LogP) is 5.09. The van der Waals surface area contributed by atoms with E-state index in [0.29, 0.717) is 16.5 Å². The molecule has 5 nitrogen and oxygen atoms in total. The summed E-state index contributed by atoms with van der Waals surface area (Å²) < 4.78 is 16.1. The normalized spacial score (nSPS) is 11.0. The number of ether oxygens (including phenoxy) is 2. The molecular weight excluding hydrogens is 380 g/mol. The van der Waals surface area contributed by atoms with Gasteiger partial charge in [0.2, 0.25) is 5.43 Å². The summed E-state index contributed by atoms with van der Waals surface area (Å²) in [6.07, 6.45) is 4.42. The molecule has 30 heavy (non-hydrogen) atoms. The molecule has 3 aromatic carbocycles. The molecule has 0 saturated heterocycles. The standard InChI is InChI=1S/C25H18O5/c1-28-19-10-7-17(8-11-19)9-14-24(26)30-20-12-13-23-21(15-20)25(27)22(16-29-23)18-5-3-2-4-6-18/h2-16H,1H3/b14-9+. The molecule has 0 saturated carbocycles. The number of methoxy groups -OCH3 is 1. The van der Waals surface area contributed by atoms with E-state index in [1.165, 1.54) is 18.4 Å². The van der Waals surface area contributed by atoms with Gasteiger partial charge in [0.25, 0.3) is 0 Å². The van der Waals surface area contributed by atoms with Gasteiger partial charge in [0.1, 0.15) is 23.3 Å². The molecule has 0 radical (unpaired) electrons. The van der Waals surface area contributed by atoms with Crippen LogP contribution < -0.4 is 14.9 Å². The van der Waals surface area contributed by atoms with Crippen molar-refractivity contribution in [1.82, 2.24) is 0 Å². The van der Waals surface area contributed by atoms with Gasteiger partial charge < -0.3 is 13.9 Å². The SMILES string of the molecule is COc1ccc(/C=C/C(=O)Oc2ccc3occ(-c4ccccc4)c(=O)c3c2)cc1. The Kier molecular flexibility index (Phi) is 5.44. The van der Waals surface area contributed by atoms with Gasteiger partial charge in [-0.15, -0.1) is 0 Å². The third-order valence-electron chi connectivity index (χ3n) is 4.57. The highest BCUT2D eigenvalue weighted by atomic mass is 16.5. The molecule has 4 rings (SSSR count). The summed E-state index contributed by atoms with van der Waals surface area (Å²) >= 11 is 0. The number of benzene rings is 3. The molecular formula is C25H18O5. The Morgan fingerprint density at radius 2 is 1.67 bits per heavy atom. The number of esters is 1. The van der Waals surface area contributed by atoms with Gasteiger partial charge in [-0.05, 0) is 47.5 Å². The van der Waals surface area contributed by atoms with Crippen molar-refractivity contribution in [3.05, 3.63) is 101 Å². The summed E-state index contributed by atoms with van der Waals surface area (Å²) in [5.41, 5.74) is 2.28. The van der Waals surface area contributed by atoms with E-state index in [1.54, 1.807) is 37.5 Å². The lowest BCUT2D eigenvalue weighted by atomic mass is 10.1.